The summed E-state index contributed by atoms with van der Waals surface area (Å²) < 4.78 is 5.30. The first-order valence-electron chi connectivity index (χ1n) is 6.48. The second-order valence-electron chi connectivity index (χ2n) is 4.63. The van der Waals surface area contributed by atoms with E-state index >= 15 is 0 Å². The molecule has 0 spiro atoms. The van der Waals surface area contributed by atoms with Crippen molar-refractivity contribution in [3.63, 3.8) is 0 Å². The zero-order chi connectivity index (χ0) is 13.7. The van der Waals surface area contributed by atoms with Crippen LogP contribution in [-0.2, 0) is 16.1 Å². The molecule has 0 aromatic carbocycles. The minimum absolute atomic E-state index is 0. The molecule has 6 nitrogen and oxygen atoms in total. The highest BCUT2D eigenvalue weighted by Crippen LogP contribution is 2.12. The fraction of sp³-hybridized carbons (Fsp3) is 0.538. The Morgan fingerprint density at radius 2 is 2.10 bits per heavy atom. The van der Waals surface area contributed by atoms with Crippen molar-refractivity contribution in [2.45, 2.75) is 19.5 Å². The van der Waals surface area contributed by atoms with Gasteiger partial charge in [0.15, 0.2) is 0 Å². The summed E-state index contributed by atoms with van der Waals surface area (Å²) in [5.74, 6) is 0.794. The molecular weight excluding hydrogens is 315 g/mol. The molecule has 1 saturated heterocycles. The van der Waals surface area contributed by atoms with Gasteiger partial charge in [0, 0.05) is 25.8 Å². The predicted molar refractivity (Wildman–Crippen MR) is 87.3 cm³/mol. The maximum Gasteiger partial charge on any atom is 0.236 e. The second-order valence-corrected chi connectivity index (χ2v) is 4.63. The molecule has 1 amide bonds. The van der Waals surface area contributed by atoms with Gasteiger partial charge in [-0.3, -0.25) is 4.79 Å². The second kappa shape index (κ2) is 9.78. The topological polar surface area (TPSA) is 80.5 Å². The number of hydrogen-bond donors (Lipinski definition) is 2. The summed E-state index contributed by atoms with van der Waals surface area (Å²) in [6.45, 7) is 5.34. The molecular formula is C13H22Cl2N4O2. The first kappa shape index (κ1) is 19.9. The number of halogens is 2. The molecule has 21 heavy (non-hydrogen) atoms. The Bertz CT molecular complexity index is 423. The van der Waals surface area contributed by atoms with Crippen LogP contribution >= 0.6 is 24.8 Å². The Kier molecular flexibility index (Phi) is 9.28. The van der Waals surface area contributed by atoms with Gasteiger partial charge in [-0.1, -0.05) is 6.07 Å². The van der Waals surface area contributed by atoms with Crippen molar-refractivity contribution in [2.24, 2.45) is 5.73 Å². The van der Waals surface area contributed by atoms with Gasteiger partial charge in [0.2, 0.25) is 5.91 Å². The van der Waals surface area contributed by atoms with E-state index in [-0.39, 0.29) is 30.7 Å². The van der Waals surface area contributed by atoms with Crippen molar-refractivity contribution in [1.29, 1.82) is 0 Å². The number of rotatable bonds is 4. The molecule has 3 N–H and O–H groups in total. The number of morpholine rings is 1. The normalized spacial score (nSPS) is 15.4. The number of carbonyl (C=O) groups excluding carboxylic acids is 1. The largest absolute Gasteiger partial charge is 0.378 e. The molecule has 0 saturated carbocycles. The summed E-state index contributed by atoms with van der Waals surface area (Å²) in [7, 11) is 0. The number of nitrogens with two attached hydrogens (primary N) is 1. The molecule has 1 aliphatic heterocycles. The molecule has 1 unspecified atom stereocenters. The molecule has 1 atom stereocenters. The zero-order valence-corrected chi connectivity index (χ0v) is 13.6. The summed E-state index contributed by atoms with van der Waals surface area (Å²) >= 11 is 0. The van der Waals surface area contributed by atoms with Gasteiger partial charge < -0.3 is 20.7 Å². The summed E-state index contributed by atoms with van der Waals surface area (Å²) in [6, 6.07) is 3.46. The van der Waals surface area contributed by atoms with E-state index in [2.05, 4.69) is 15.2 Å². The Balaban J connectivity index is 0.00000200. The van der Waals surface area contributed by atoms with Crippen LogP contribution in [0.4, 0.5) is 5.82 Å². The number of anilines is 1. The predicted octanol–water partition coefficient (Wildman–Crippen LogP) is 0.725. The number of amides is 1. The third kappa shape index (κ3) is 6.05. The van der Waals surface area contributed by atoms with Gasteiger partial charge in [0.05, 0.1) is 19.3 Å². The summed E-state index contributed by atoms with van der Waals surface area (Å²) in [4.78, 5) is 18.0. The lowest BCUT2D eigenvalue weighted by atomic mass is 10.2. The number of ether oxygens (including phenoxy) is 1. The highest BCUT2D eigenvalue weighted by atomic mass is 35.5. The number of carbonyl (C=O) groups is 1. The lowest BCUT2D eigenvalue weighted by molar-refractivity contribution is -0.122. The number of nitrogens with one attached hydrogen (secondary N) is 1. The Hall–Kier alpha value is -1.08. The maximum atomic E-state index is 11.4. The molecule has 8 heteroatoms. The van der Waals surface area contributed by atoms with E-state index < -0.39 is 6.04 Å². The minimum Gasteiger partial charge on any atom is -0.378 e. The fourth-order valence-electron chi connectivity index (χ4n) is 1.85. The van der Waals surface area contributed by atoms with E-state index in [0.717, 1.165) is 37.7 Å². The van der Waals surface area contributed by atoms with Crippen molar-refractivity contribution >= 4 is 36.5 Å². The standard InChI is InChI=1S/C13H20N4O2.2ClH/c1-10(14)13(18)16-9-11-2-3-12(15-8-11)17-4-6-19-7-5-17;;/h2-3,8,10H,4-7,9,14H2,1H3,(H,16,18);2*1H. The first-order valence-corrected chi connectivity index (χ1v) is 6.48. The van der Waals surface area contributed by atoms with Gasteiger partial charge in [-0.2, -0.15) is 0 Å². The van der Waals surface area contributed by atoms with Crippen LogP contribution in [0.25, 0.3) is 0 Å². The van der Waals surface area contributed by atoms with E-state index in [9.17, 15) is 4.79 Å². The van der Waals surface area contributed by atoms with Crippen molar-refractivity contribution in [1.82, 2.24) is 10.3 Å². The summed E-state index contributed by atoms with van der Waals surface area (Å²) in [6.07, 6.45) is 1.78. The Morgan fingerprint density at radius 3 is 2.62 bits per heavy atom. The van der Waals surface area contributed by atoms with E-state index in [4.69, 9.17) is 10.5 Å². The third-order valence-electron chi connectivity index (χ3n) is 3.02. The molecule has 0 radical (unpaired) electrons. The van der Waals surface area contributed by atoms with E-state index in [1.54, 1.807) is 13.1 Å². The highest BCUT2D eigenvalue weighted by Gasteiger charge is 2.12. The summed E-state index contributed by atoms with van der Waals surface area (Å²) in [5, 5.41) is 2.76. The van der Waals surface area contributed by atoms with Gasteiger partial charge in [0.1, 0.15) is 5.82 Å². The molecule has 1 aromatic heterocycles. The maximum absolute atomic E-state index is 11.4. The number of aromatic nitrogens is 1. The smallest absolute Gasteiger partial charge is 0.236 e. The van der Waals surface area contributed by atoms with Crippen molar-refractivity contribution in [3.8, 4) is 0 Å². The van der Waals surface area contributed by atoms with Crippen LogP contribution < -0.4 is 16.0 Å². The molecule has 0 bridgehead atoms. The molecule has 1 aromatic rings. The molecule has 1 aliphatic rings. The summed E-state index contributed by atoms with van der Waals surface area (Å²) in [5.41, 5.74) is 6.44. The Morgan fingerprint density at radius 1 is 1.43 bits per heavy atom. The van der Waals surface area contributed by atoms with Gasteiger partial charge in [-0.15, -0.1) is 24.8 Å². The van der Waals surface area contributed by atoms with Crippen LogP contribution in [0, 0.1) is 0 Å². The van der Waals surface area contributed by atoms with Crippen LogP contribution in [0.3, 0.4) is 0 Å². The third-order valence-corrected chi connectivity index (χ3v) is 3.02. The fourth-order valence-corrected chi connectivity index (χ4v) is 1.85. The van der Waals surface area contributed by atoms with Crippen LogP contribution in [-0.4, -0.2) is 43.2 Å². The molecule has 2 heterocycles. The highest BCUT2D eigenvalue weighted by molar-refractivity contribution is 5.85. The van der Waals surface area contributed by atoms with Crippen molar-refractivity contribution < 1.29 is 9.53 Å². The van der Waals surface area contributed by atoms with E-state index in [0.29, 0.717) is 6.54 Å². The average Bonchev–Trinajstić information content (AvgIpc) is 2.46. The van der Waals surface area contributed by atoms with Crippen molar-refractivity contribution in [3.05, 3.63) is 23.9 Å². The number of pyridine rings is 1. The first-order chi connectivity index (χ1) is 9.16. The lowest BCUT2D eigenvalue weighted by Gasteiger charge is -2.27. The minimum atomic E-state index is -0.486. The van der Waals surface area contributed by atoms with Crippen LogP contribution in [0.5, 0.6) is 0 Å². The molecule has 0 aliphatic carbocycles. The van der Waals surface area contributed by atoms with E-state index in [1.165, 1.54) is 0 Å². The lowest BCUT2D eigenvalue weighted by Crippen LogP contribution is -2.38. The van der Waals surface area contributed by atoms with E-state index in [1.807, 2.05) is 12.1 Å². The molecule has 120 valence electrons. The zero-order valence-electron chi connectivity index (χ0n) is 11.9. The van der Waals surface area contributed by atoms with Gasteiger partial charge in [-0.25, -0.2) is 4.98 Å². The molecule has 2 rings (SSSR count). The monoisotopic (exact) mass is 336 g/mol. The van der Waals surface area contributed by atoms with Crippen LogP contribution in [0.2, 0.25) is 0 Å². The SMILES string of the molecule is CC(N)C(=O)NCc1ccc(N2CCOCC2)nc1.Cl.Cl. The number of hydrogen-bond acceptors (Lipinski definition) is 5. The van der Waals surface area contributed by atoms with Crippen LogP contribution in [0.1, 0.15) is 12.5 Å². The average molecular weight is 337 g/mol. The van der Waals surface area contributed by atoms with Gasteiger partial charge in [-0.05, 0) is 18.6 Å². The molecule has 1 fully saturated rings. The van der Waals surface area contributed by atoms with Gasteiger partial charge >= 0.3 is 0 Å². The van der Waals surface area contributed by atoms with Crippen LogP contribution in [0.15, 0.2) is 18.3 Å². The van der Waals surface area contributed by atoms with Crippen molar-refractivity contribution in [2.75, 3.05) is 31.2 Å². The number of nitrogens with zero attached hydrogens (tertiary/aromatic N) is 2. The quantitative estimate of drug-likeness (QED) is 0.847. The van der Waals surface area contributed by atoms with Gasteiger partial charge in [0.25, 0.3) is 0 Å². The Labute approximate surface area is 137 Å².